The number of ether oxygens (including phenoxy) is 1. The molecule has 1 aliphatic rings. The lowest BCUT2D eigenvalue weighted by Crippen LogP contribution is -2.41. The topological polar surface area (TPSA) is 35.2 Å². The van der Waals surface area contributed by atoms with Crippen LogP contribution in [0.25, 0.3) is 0 Å². The van der Waals surface area contributed by atoms with Gasteiger partial charge in [0.15, 0.2) is 0 Å². The van der Waals surface area contributed by atoms with Gasteiger partial charge >= 0.3 is 0 Å². The summed E-state index contributed by atoms with van der Waals surface area (Å²) in [6.07, 6.45) is 6.68. The van der Waals surface area contributed by atoms with E-state index in [1.807, 2.05) is 6.92 Å². The van der Waals surface area contributed by atoms with Crippen LogP contribution in [0.15, 0.2) is 0 Å². The van der Waals surface area contributed by atoms with E-state index in [2.05, 4.69) is 6.92 Å². The molecule has 0 heterocycles. The lowest BCUT2D eigenvalue weighted by molar-refractivity contribution is 0.0274. The molecule has 13 heavy (non-hydrogen) atoms. The molecule has 2 nitrogen and oxygen atoms in total. The molecule has 2 heteroatoms. The molecule has 1 fully saturated rings. The molecule has 0 spiro atoms. The van der Waals surface area contributed by atoms with Gasteiger partial charge in [-0.05, 0) is 32.1 Å². The third kappa shape index (κ3) is 2.96. The fourth-order valence-electron chi connectivity index (χ4n) is 2.36. The Morgan fingerprint density at radius 3 is 2.38 bits per heavy atom. The minimum absolute atomic E-state index is 0.271. The zero-order valence-electron chi connectivity index (χ0n) is 8.96. The van der Waals surface area contributed by atoms with E-state index in [9.17, 15) is 0 Å². The van der Waals surface area contributed by atoms with E-state index in [0.29, 0.717) is 0 Å². The van der Waals surface area contributed by atoms with Crippen molar-refractivity contribution in [1.82, 2.24) is 0 Å². The lowest BCUT2D eigenvalue weighted by Gasteiger charge is -2.27. The van der Waals surface area contributed by atoms with Crippen LogP contribution in [-0.4, -0.2) is 18.8 Å². The van der Waals surface area contributed by atoms with Gasteiger partial charge in [-0.3, -0.25) is 0 Å². The van der Waals surface area contributed by atoms with Crippen molar-refractivity contribution in [3.8, 4) is 0 Å². The van der Waals surface area contributed by atoms with Crippen LogP contribution in [0.2, 0.25) is 0 Å². The molecule has 0 aromatic rings. The Balaban J connectivity index is 2.37. The van der Waals surface area contributed by atoms with Crippen LogP contribution in [0.1, 0.15) is 46.0 Å². The van der Waals surface area contributed by atoms with E-state index in [4.69, 9.17) is 10.5 Å². The van der Waals surface area contributed by atoms with Gasteiger partial charge in [0.2, 0.25) is 0 Å². The van der Waals surface area contributed by atoms with Crippen molar-refractivity contribution < 1.29 is 4.74 Å². The van der Waals surface area contributed by atoms with Crippen LogP contribution in [0.3, 0.4) is 0 Å². The maximum absolute atomic E-state index is 6.19. The molecule has 1 aliphatic carbocycles. The smallest absolute Gasteiger partial charge is 0.0725 e. The minimum atomic E-state index is 0.271. The van der Waals surface area contributed by atoms with Gasteiger partial charge in [-0.1, -0.05) is 19.8 Å². The predicted molar refractivity (Wildman–Crippen MR) is 55.6 cm³/mol. The van der Waals surface area contributed by atoms with Gasteiger partial charge in [-0.25, -0.2) is 0 Å². The largest absolute Gasteiger partial charge is 0.377 e. The highest BCUT2D eigenvalue weighted by atomic mass is 16.5. The summed E-state index contributed by atoms with van der Waals surface area (Å²) in [7, 11) is 0. The first kappa shape index (κ1) is 11.0. The fraction of sp³-hybridized carbons (Fsp3) is 1.00. The van der Waals surface area contributed by atoms with E-state index in [-0.39, 0.29) is 12.1 Å². The zero-order chi connectivity index (χ0) is 9.68. The summed E-state index contributed by atoms with van der Waals surface area (Å²) in [4.78, 5) is 0. The van der Waals surface area contributed by atoms with Crippen molar-refractivity contribution in [1.29, 1.82) is 0 Å². The van der Waals surface area contributed by atoms with Crippen molar-refractivity contribution in [2.24, 2.45) is 11.7 Å². The van der Waals surface area contributed by atoms with Gasteiger partial charge in [-0.2, -0.15) is 0 Å². The van der Waals surface area contributed by atoms with Crippen molar-refractivity contribution in [2.75, 3.05) is 6.61 Å². The average Bonchev–Trinajstić information content (AvgIpc) is 2.65. The molecule has 2 atom stereocenters. The third-order valence-corrected chi connectivity index (χ3v) is 3.16. The molecule has 1 saturated carbocycles. The van der Waals surface area contributed by atoms with E-state index < -0.39 is 0 Å². The molecule has 2 N–H and O–H groups in total. The zero-order valence-corrected chi connectivity index (χ0v) is 8.96. The monoisotopic (exact) mass is 185 g/mol. The molecular formula is C11H23NO. The summed E-state index contributed by atoms with van der Waals surface area (Å²) in [6, 6.07) is 0.271. The Bertz CT molecular complexity index is 132. The number of rotatable bonds is 5. The third-order valence-electron chi connectivity index (χ3n) is 3.16. The van der Waals surface area contributed by atoms with Gasteiger partial charge in [0.05, 0.1) is 6.10 Å². The minimum Gasteiger partial charge on any atom is -0.377 e. The number of hydrogen-bond donors (Lipinski definition) is 1. The standard InChI is InChI=1S/C11H23NO/c1-3-10(13-4-2)11(12)9-7-5-6-8-9/h9-11H,3-8,12H2,1-2H3. The SMILES string of the molecule is CCOC(CC)C(N)C1CCCC1. The molecule has 78 valence electrons. The Hall–Kier alpha value is -0.0800. The fourth-order valence-corrected chi connectivity index (χ4v) is 2.36. The van der Waals surface area contributed by atoms with Gasteiger partial charge in [0, 0.05) is 12.6 Å². The van der Waals surface area contributed by atoms with Crippen molar-refractivity contribution in [3.05, 3.63) is 0 Å². The number of hydrogen-bond acceptors (Lipinski definition) is 2. The highest BCUT2D eigenvalue weighted by Crippen LogP contribution is 2.29. The highest BCUT2D eigenvalue weighted by Gasteiger charge is 2.27. The van der Waals surface area contributed by atoms with E-state index in [1.54, 1.807) is 0 Å². The summed E-state index contributed by atoms with van der Waals surface area (Å²) in [5, 5.41) is 0. The molecule has 0 aliphatic heterocycles. The van der Waals surface area contributed by atoms with Crippen molar-refractivity contribution in [3.63, 3.8) is 0 Å². The van der Waals surface area contributed by atoms with Crippen LogP contribution in [0.4, 0.5) is 0 Å². The van der Waals surface area contributed by atoms with Crippen LogP contribution in [0, 0.1) is 5.92 Å². The molecule has 0 saturated heterocycles. The van der Waals surface area contributed by atoms with Crippen LogP contribution >= 0.6 is 0 Å². The first-order chi connectivity index (χ1) is 6.29. The van der Waals surface area contributed by atoms with Crippen molar-refractivity contribution >= 4 is 0 Å². The maximum Gasteiger partial charge on any atom is 0.0725 e. The molecule has 0 aromatic carbocycles. The lowest BCUT2D eigenvalue weighted by atomic mass is 9.93. The molecule has 2 unspecified atom stereocenters. The van der Waals surface area contributed by atoms with Gasteiger partial charge in [0.1, 0.15) is 0 Å². The van der Waals surface area contributed by atoms with Gasteiger partial charge < -0.3 is 10.5 Å². The molecule has 1 rings (SSSR count). The summed E-state index contributed by atoms with van der Waals surface area (Å²) >= 11 is 0. The Labute approximate surface area is 81.8 Å². The first-order valence-corrected chi connectivity index (χ1v) is 5.66. The predicted octanol–water partition coefficient (Wildman–Crippen LogP) is 2.32. The van der Waals surface area contributed by atoms with Crippen LogP contribution in [-0.2, 0) is 4.74 Å². The average molecular weight is 185 g/mol. The summed E-state index contributed by atoms with van der Waals surface area (Å²) in [6.45, 7) is 5.00. The van der Waals surface area contributed by atoms with E-state index in [1.165, 1.54) is 25.7 Å². The van der Waals surface area contributed by atoms with Crippen LogP contribution in [0.5, 0.6) is 0 Å². The first-order valence-electron chi connectivity index (χ1n) is 5.66. The second kappa shape index (κ2) is 5.61. The molecule has 0 amide bonds. The number of nitrogens with two attached hydrogens (primary N) is 1. The van der Waals surface area contributed by atoms with Crippen molar-refractivity contribution in [2.45, 2.75) is 58.1 Å². The Morgan fingerprint density at radius 1 is 1.31 bits per heavy atom. The molecular weight excluding hydrogens is 162 g/mol. The second-order valence-corrected chi connectivity index (χ2v) is 4.02. The molecule has 0 bridgehead atoms. The maximum atomic E-state index is 6.19. The van der Waals surface area contributed by atoms with E-state index in [0.717, 1.165) is 18.9 Å². The second-order valence-electron chi connectivity index (χ2n) is 4.02. The normalized spacial score (nSPS) is 23.3. The Morgan fingerprint density at radius 2 is 1.92 bits per heavy atom. The quantitative estimate of drug-likeness (QED) is 0.713. The van der Waals surface area contributed by atoms with E-state index >= 15 is 0 Å². The summed E-state index contributed by atoms with van der Waals surface area (Å²) in [5.74, 6) is 0.719. The Kier molecular flexibility index (Phi) is 4.74. The van der Waals surface area contributed by atoms with Crippen LogP contribution < -0.4 is 5.73 Å². The molecule has 0 aromatic heterocycles. The van der Waals surface area contributed by atoms with Gasteiger partial charge in [-0.15, -0.1) is 0 Å². The highest BCUT2D eigenvalue weighted by molar-refractivity contribution is 4.83. The summed E-state index contributed by atoms with van der Waals surface area (Å²) in [5.41, 5.74) is 6.19. The molecule has 0 radical (unpaired) electrons. The summed E-state index contributed by atoms with van der Waals surface area (Å²) < 4.78 is 5.64. The van der Waals surface area contributed by atoms with Gasteiger partial charge in [0.25, 0.3) is 0 Å².